The summed E-state index contributed by atoms with van der Waals surface area (Å²) in [6.07, 6.45) is -0.681. The van der Waals surface area contributed by atoms with Crippen molar-refractivity contribution in [2.75, 3.05) is 13.7 Å². The molecule has 5 nitrogen and oxygen atoms in total. The molecule has 2 rings (SSSR count). The monoisotopic (exact) mass is 358 g/mol. The van der Waals surface area contributed by atoms with Crippen molar-refractivity contribution >= 4 is 5.97 Å². The molecule has 0 heterocycles. The number of hydrogen-bond donors (Lipinski definition) is 1. The Labute approximate surface area is 155 Å². The molecule has 0 saturated heterocycles. The van der Waals surface area contributed by atoms with Gasteiger partial charge in [0.25, 0.3) is 0 Å². The molecule has 0 amide bonds. The van der Waals surface area contributed by atoms with E-state index in [1.807, 2.05) is 24.3 Å². The average molecular weight is 358 g/mol. The van der Waals surface area contributed by atoms with Gasteiger partial charge in [0.15, 0.2) is 17.6 Å². The van der Waals surface area contributed by atoms with Crippen molar-refractivity contribution < 1.29 is 24.3 Å². The molecule has 0 radical (unpaired) electrons. The van der Waals surface area contributed by atoms with E-state index in [-0.39, 0.29) is 5.97 Å². The van der Waals surface area contributed by atoms with Crippen molar-refractivity contribution in [2.24, 2.45) is 0 Å². The molecule has 0 aromatic heterocycles. The molecule has 0 bridgehead atoms. The fourth-order valence-electron chi connectivity index (χ4n) is 2.64. The second-order valence-corrected chi connectivity index (χ2v) is 6.14. The van der Waals surface area contributed by atoms with Crippen LogP contribution in [0.3, 0.4) is 0 Å². The van der Waals surface area contributed by atoms with Crippen molar-refractivity contribution in [1.82, 2.24) is 0 Å². The molecule has 0 aliphatic rings. The minimum absolute atomic E-state index is 0.331. The number of quaternary nitrogens is 1. The van der Waals surface area contributed by atoms with Gasteiger partial charge in [-0.25, -0.2) is 4.79 Å². The minimum Gasteiger partial charge on any atom is -0.493 e. The number of carbonyl (C=O) groups excluding carboxylic acids is 1. The summed E-state index contributed by atoms with van der Waals surface area (Å²) < 4.78 is 16.1. The number of rotatable bonds is 9. The summed E-state index contributed by atoms with van der Waals surface area (Å²) >= 11 is 0. The first-order valence-electron chi connectivity index (χ1n) is 8.93. The number of methoxy groups -OCH3 is 1. The predicted molar refractivity (Wildman–Crippen MR) is 100 cm³/mol. The zero-order valence-corrected chi connectivity index (χ0v) is 15.9. The van der Waals surface area contributed by atoms with Crippen LogP contribution < -0.4 is 14.8 Å². The highest BCUT2D eigenvalue weighted by molar-refractivity contribution is 5.74. The van der Waals surface area contributed by atoms with Crippen LogP contribution in [0.4, 0.5) is 0 Å². The lowest BCUT2D eigenvalue weighted by atomic mass is 10.1. The van der Waals surface area contributed by atoms with Crippen molar-refractivity contribution in [3.8, 4) is 11.5 Å². The lowest BCUT2D eigenvalue weighted by Gasteiger charge is -2.17. The van der Waals surface area contributed by atoms with E-state index in [0.29, 0.717) is 24.1 Å². The Balaban J connectivity index is 2.00. The fraction of sp³-hybridized carbons (Fsp3) is 0.381. The first-order chi connectivity index (χ1) is 12.5. The molecule has 2 atom stereocenters. The van der Waals surface area contributed by atoms with Crippen molar-refractivity contribution in [2.45, 2.75) is 39.5 Å². The van der Waals surface area contributed by atoms with E-state index in [1.54, 1.807) is 21.0 Å². The van der Waals surface area contributed by atoms with E-state index in [2.05, 4.69) is 36.5 Å². The SMILES string of the molecule is CCOC(=O)[C@@H](C)Oc1ccc(C[NH2+][C@H](C)c2ccccc2)cc1OC. The van der Waals surface area contributed by atoms with Gasteiger partial charge in [0.1, 0.15) is 12.6 Å². The van der Waals surface area contributed by atoms with Crippen LogP contribution in [0, 0.1) is 0 Å². The van der Waals surface area contributed by atoms with Gasteiger partial charge in [-0.15, -0.1) is 0 Å². The Morgan fingerprint density at radius 2 is 1.81 bits per heavy atom. The molecule has 0 unspecified atom stereocenters. The van der Waals surface area contributed by atoms with E-state index >= 15 is 0 Å². The Kier molecular flexibility index (Phi) is 7.48. The van der Waals surface area contributed by atoms with Crippen LogP contribution in [-0.2, 0) is 16.1 Å². The second kappa shape index (κ2) is 9.82. The topological polar surface area (TPSA) is 61.4 Å². The van der Waals surface area contributed by atoms with Gasteiger partial charge >= 0.3 is 5.97 Å². The molecular formula is C21H28NO4+. The van der Waals surface area contributed by atoms with Crippen LogP contribution in [-0.4, -0.2) is 25.8 Å². The van der Waals surface area contributed by atoms with Crippen LogP contribution in [0.5, 0.6) is 11.5 Å². The Morgan fingerprint density at radius 1 is 1.08 bits per heavy atom. The van der Waals surface area contributed by atoms with Gasteiger partial charge < -0.3 is 19.5 Å². The third kappa shape index (κ3) is 5.49. The lowest BCUT2D eigenvalue weighted by molar-refractivity contribution is -0.707. The van der Waals surface area contributed by atoms with Gasteiger partial charge in [0, 0.05) is 11.1 Å². The third-order valence-electron chi connectivity index (χ3n) is 4.18. The largest absolute Gasteiger partial charge is 0.493 e. The average Bonchev–Trinajstić information content (AvgIpc) is 2.67. The maximum absolute atomic E-state index is 11.7. The summed E-state index contributed by atoms with van der Waals surface area (Å²) in [5.41, 5.74) is 2.42. The summed E-state index contributed by atoms with van der Waals surface area (Å²) in [5, 5.41) is 2.27. The third-order valence-corrected chi connectivity index (χ3v) is 4.18. The molecule has 0 aliphatic heterocycles. The molecule has 2 N–H and O–H groups in total. The normalized spacial score (nSPS) is 12.9. The fourth-order valence-corrected chi connectivity index (χ4v) is 2.64. The number of nitrogens with two attached hydrogens (primary N) is 1. The molecule has 0 aliphatic carbocycles. The van der Waals surface area contributed by atoms with Crippen LogP contribution in [0.15, 0.2) is 48.5 Å². The quantitative estimate of drug-likeness (QED) is 0.700. The number of hydrogen-bond acceptors (Lipinski definition) is 4. The molecule has 2 aromatic rings. The highest BCUT2D eigenvalue weighted by atomic mass is 16.6. The summed E-state index contributed by atoms with van der Waals surface area (Å²) in [4.78, 5) is 11.7. The van der Waals surface area contributed by atoms with E-state index in [0.717, 1.165) is 12.1 Å². The second-order valence-electron chi connectivity index (χ2n) is 6.14. The zero-order valence-electron chi connectivity index (χ0n) is 15.9. The summed E-state index contributed by atoms with van der Waals surface area (Å²) in [7, 11) is 1.59. The molecule has 26 heavy (non-hydrogen) atoms. The van der Waals surface area contributed by atoms with Gasteiger partial charge in [0.05, 0.1) is 13.7 Å². The van der Waals surface area contributed by atoms with Crippen molar-refractivity contribution in [3.05, 3.63) is 59.7 Å². The zero-order chi connectivity index (χ0) is 18.9. The van der Waals surface area contributed by atoms with Gasteiger partial charge in [-0.2, -0.15) is 0 Å². The van der Waals surface area contributed by atoms with Crippen molar-refractivity contribution in [3.63, 3.8) is 0 Å². The highest BCUT2D eigenvalue weighted by Crippen LogP contribution is 2.29. The molecule has 0 fully saturated rings. The van der Waals surface area contributed by atoms with E-state index < -0.39 is 6.10 Å². The smallest absolute Gasteiger partial charge is 0.347 e. The Morgan fingerprint density at radius 3 is 2.46 bits per heavy atom. The lowest BCUT2D eigenvalue weighted by Crippen LogP contribution is -2.83. The Hall–Kier alpha value is -2.53. The van der Waals surface area contributed by atoms with Gasteiger partial charge in [-0.3, -0.25) is 0 Å². The number of esters is 1. The standard InChI is InChI=1S/C21H27NO4/c1-5-25-21(23)16(3)26-19-12-11-17(13-20(19)24-4)14-22-15(2)18-9-7-6-8-10-18/h6-13,15-16,22H,5,14H2,1-4H3/p+1/t15-,16-/m1/s1. The van der Waals surface area contributed by atoms with Gasteiger partial charge in [0.2, 0.25) is 0 Å². The molecule has 2 aromatic carbocycles. The van der Waals surface area contributed by atoms with Crippen LogP contribution in [0.2, 0.25) is 0 Å². The minimum atomic E-state index is -0.681. The summed E-state index contributed by atoms with van der Waals surface area (Å²) in [6, 6.07) is 16.5. The Bertz CT molecular complexity index is 702. The van der Waals surface area contributed by atoms with E-state index in [9.17, 15) is 4.79 Å². The van der Waals surface area contributed by atoms with E-state index in [4.69, 9.17) is 14.2 Å². The highest BCUT2D eigenvalue weighted by Gasteiger charge is 2.18. The van der Waals surface area contributed by atoms with Crippen LogP contribution in [0.1, 0.15) is 37.9 Å². The first kappa shape index (κ1) is 19.8. The molecule has 0 saturated carbocycles. The summed E-state index contributed by atoms with van der Waals surface area (Å²) in [5.74, 6) is 0.760. The number of benzene rings is 2. The molecule has 0 spiro atoms. The molecular weight excluding hydrogens is 330 g/mol. The van der Waals surface area contributed by atoms with Crippen LogP contribution >= 0.6 is 0 Å². The first-order valence-corrected chi connectivity index (χ1v) is 8.93. The predicted octanol–water partition coefficient (Wildman–Crippen LogP) is 2.85. The number of ether oxygens (including phenoxy) is 3. The van der Waals surface area contributed by atoms with Gasteiger partial charge in [-0.05, 0) is 39.0 Å². The summed E-state index contributed by atoms with van der Waals surface area (Å²) in [6.45, 7) is 6.77. The maximum Gasteiger partial charge on any atom is 0.347 e. The number of carbonyl (C=O) groups is 1. The molecule has 5 heteroatoms. The van der Waals surface area contributed by atoms with Crippen LogP contribution in [0.25, 0.3) is 0 Å². The van der Waals surface area contributed by atoms with E-state index in [1.165, 1.54) is 5.56 Å². The van der Waals surface area contributed by atoms with Crippen molar-refractivity contribution in [1.29, 1.82) is 0 Å². The maximum atomic E-state index is 11.7. The molecule has 140 valence electrons. The van der Waals surface area contributed by atoms with Gasteiger partial charge in [-0.1, -0.05) is 30.3 Å².